The normalized spacial score (nSPS) is 15.2. The fourth-order valence-corrected chi connectivity index (χ4v) is 3.52. The predicted molar refractivity (Wildman–Crippen MR) is 116 cm³/mol. The number of anilines is 1. The first kappa shape index (κ1) is 21.9. The number of halogens is 1. The van der Waals surface area contributed by atoms with Gasteiger partial charge in [0.2, 0.25) is 5.91 Å². The maximum Gasteiger partial charge on any atom is 0.255 e. The van der Waals surface area contributed by atoms with Crippen molar-refractivity contribution < 1.29 is 14.4 Å². The summed E-state index contributed by atoms with van der Waals surface area (Å²) >= 11 is 6.19. The third kappa shape index (κ3) is 4.39. The molecule has 0 unspecified atom stereocenters. The molecule has 0 saturated carbocycles. The van der Waals surface area contributed by atoms with Crippen molar-refractivity contribution in [2.24, 2.45) is 5.73 Å². The Hall–Kier alpha value is -3.77. The summed E-state index contributed by atoms with van der Waals surface area (Å²) in [6.45, 7) is 4.39. The van der Waals surface area contributed by atoms with Gasteiger partial charge in [0.05, 0.1) is 11.1 Å². The van der Waals surface area contributed by atoms with Gasteiger partial charge in [-0.1, -0.05) is 24.1 Å². The van der Waals surface area contributed by atoms with Crippen molar-refractivity contribution in [3.05, 3.63) is 58.3 Å². The average molecular weight is 441 g/mol. The zero-order valence-electron chi connectivity index (χ0n) is 16.8. The summed E-state index contributed by atoms with van der Waals surface area (Å²) in [5.74, 6) is 4.47. The first-order valence-electron chi connectivity index (χ1n) is 9.39. The standard InChI is InChI=1S/C21H21ClN6O3/c1-3-17(29)27-9-8-14(11-27)28-19(23)18(20(24)30)16(26-28)7-5-12-10-13(21(31)25-2)4-6-15(12)22/h3-4,6,10,14H,1,8-9,11,23H2,2H3,(H2,24,30)(H,25,31)/t14-/m0/s1. The summed E-state index contributed by atoms with van der Waals surface area (Å²) in [7, 11) is 1.52. The number of nitrogens with one attached hydrogen (secondary N) is 1. The first-order valence-corrected chi connectivity index (χ1v) is 9.77. The highest BCUT2D eigenvalue weighted by atomic mass is 35.5. The van der Waals surface area contributed by atoms with Gasteiger partial charge in [-0.05, 0) is 36.6 Å². The number of primary amides is 1. The second kappa shape index (κ2) is 8.93. The number of aromatic nitrogens is 2. The van der Waals surface area contributed by atoms with Crippen LogP contribution >= 0.6 is 11.6 Å². The summed E-state index contributed by atoms with van der Waals surface area (Å²) in [5.41, 5.74) is 12.5. The lowest BCUT2D eigenvalue weighted by Gasteiger charge is -2.15. The molecule has 31 heavy (non-hydrogen) atoms. The van der Waals surface area contributed by atoms with Crippen molar-refractivity contribution >= 4 is 35.1 Å². The number of nitrogens with two attached hydrogens (primary N) is 2. The number of nitrogen functional groups attached to an aromatic ring is 1. The van der Waals surface area contributed by atoms with Crippen LogP contribution in [0, 0.1) is 11.8 Å². The molecule has 2 heterocycles. The molecule has 9 nitrogen and oxygen atoms in total. The molecule has 3 amide bonds. The minimum Gasteiger partial charge on any atom is -0.383 e. The number of hydrogen-bond donors (Lipinski definition) is 3. The highest BCUT2D eigenvalue weighted by molar-refractivity contribution is 6.31. The van der Waals surface area contributed by atoms with Crippen LogP contribution in [0.1, 0.15) is 44.4 Å². The lowest BCUT2D eigenvalue weighted by Crippen LogP contribution is -2.27. The molecule has 1 aliphatic heterocycles. The largest absolute Gasteiger partial charge is 0.383 e. The van der Waals surface area contributed by atoms with Crippen molar-refractivity contribution in [3.8, 4) is 11.8 Å². The molecule has 160 valence electrons. The van der Waals surface area contributed by atoms with Gasteiger partial charge in [0, 0.05) is 31.3 Å². The molecule has 3 rings (SSSR count). The van der Waals surface area contributed by atoms with E-state index in [1.165, 1.54) is 23.9 Å². The molecule has 5 N–H and O–H groups in total. The van der Waals surface area contributed by atoms with Crippen LogP contribution in [0.25, 0.3) is 0 Å². The monoisotopic (exact) mass is 440 g/mol. The number of rotatable bonds is 4. The van der Waals surface area contributed by atoms with Gasteiger partial charge in [0.15, 0.2) is 5.69 Å². The molecular weight excluding hydrogens is 420 g/mol. The van der Waals surface area contributed by atoms with Crippen LogP contribution in [0.15, 0.2) is 30.9 Å². The SMILES string of the molecule is C=CC(=O)N1CC[C@H](n2nc(C#Cc3cc(C(=O)NC)ccc3Cl)c(C(N)=O)c2N)C1. The smallest absolute Gasteiger partial charge is 0.255 e. The highest BCUT2D eigenvalue weighted by Crippen LogP contribution is 2.27. The third-order valence-electron chi connectivity index (χ3n) is 4.96. The Morgan fingerprint density at radius 1 is 1.35 bits per heavy atom. The fourth-order valence-electron chi connectivity index (χ4n) is 3.36. The van der Waals surface area contributed by atoms with Gasteiger partial charge < -0.3 is 21.7 Å². The maximum absolute atomic E-state index is 12.0. The quantitative estimate of drug-likeness (QED) is 0.480. The van der Waals surface area contributed by atoms with E-state index < -0.39 is 5.91 Å². The van der Waals surface area contributed by atoms with E-state index in [9.17, 15) is 14.4 Å². The Kier molecular flexibility index (Phi) is 6.32. The number of likely N-dealkylation sites (tertiary alicyclic amines) is 1. The Balaban J connectivity index is 1.98. The number of carbonyl (C=O) groups excluding carboxylic acids is 3. The summed E-state index contributed by atoms with van der Waals surface area (Å²) in [6, 6.07) is 4.44. The molecule has 0 radical (unpaired) electrons. The number of nitrogens with zero attached hydrogens (tertiary/aromatic N) is 3. The Morgan fingerprint density at radius 2 is 2.10 bits per heavy atom. The molecule has 1 aromatic carbocycles. The van der Waals surface area contributed by atoms with E-state index in [2.05, 4.69) is 28.8 Å². The van der Waals surface area contributed by atoms with Crippen LogP contribution in [0.4, 0.5) is 5.82 Å². The molecular formula is C21H21ClN6O3. The molecule has 10 heteroatoms. The lowest BCUT2D eigenvalue weighted by molar-refractivity contribution is -0.125. The van der Waals surface area contributed by atoms with Gasteiger partial charge in [-0.25, -0.2) is 4.68 Å². The van der Waals surface area contributed by atoms with Gasteiger partial charge in [-0.2, -0.15) is 5.10 Å². The van der Waals surface area contributed by atoms with Crippen LogP contribution in [-0.2, 0) is 4.79 Å². The predicted octanol–water partition coefficient (Wildman–Crippen LogP) is 0.936. The van der Waals surface area contributed by atoms with Crippen molar-refractivity contribution in [2.75, 3.05) is 25.9 Å². The Bertz CT molecular complexity index is 1140. The zero-order valence-corrected chi connectivity index (χ0v) is 17.6. The van der Waals surface area contributed by atoms with Crippen LogP contribution < -0.4 is 16.8 Å². The lowest BCUT2D eigenvalue weighted by atomic mass is 10.1. The van der Waals surface area contributed by atoms with Gasteiger partial charge in [0.25, 0.3) is 11.8 Å². The molecule has 1 aromatic heterocycles. The van der Waals surface area contributed by atoms with Crippen molar-refractivity contribution in [2.45, 2.75) is 12.5 Å². The van der Waals surface area contributed by atoms with E-state index in [4.69, 9.17) is 23.1 Å². The van der Waals surface area contributed by atoms with Crippen molar-refractivity contribution in [3.63, 3.8) is 0 Å². The van der Waals surface area contributed by atoms with Crippen LogP contribution in [-0.4, -0.2) is 52.5 Å². The van der Waals surface area contributed by atoms with Crippen molar-refractivity contribution in [1.82, 2.24) is 20.0 Å². The second-order valence-electron chi connectivity index (χ2n) is 6.87. The number of amides is 3. The minimum atomic E-state index is -0.768. The molecule has 2 aromatic rings. The maximum atomic E-state index is 12.0. The third-order valence-corrected chi connectivity index (χ3v) is 5.29. The molecule has 1 aliphatic rings. The van der Waals surface area contributed by atoms with E-state index >= 15 is 0 Å². The van der Waals surface area contributed by atoms with E-state index in [1.807, 2.05) is 0 Å². The van der Waals surface area contributed by atoms with Crippen LogP contribution in [0.5, 0.6) is 0 Å². The summed E-state index contributed by atoms with van der Waals surface area (Å²) in [4.78, 5) is 37.3. The highest BCUT2D eigenvalue weighted by Gasteiger charge is 2.30. The van der Waals surface area contributed by atoms with Crippen molar-refractivity contribution in [1.29, 1.82) is 0 Å². The summed E-state index contributed by atoms with van der Waals surface area (Å²) < 4.78 is 1.48. The van der Waals surface area contributed by atoms with E-state index in [-0.39, 0.29) is 34.9 Å². The van der Waals surface area contributed by atoms with E-state index in [0.29, 0.717) is 35.7 Å². The number of hydrogen-bond acceptors (Lipinski definition) is 5. The molecule has 0 spiro atoms. The topological polar surface area (TPSA) is 136 Å². The van der Waals surface area contributed by atoms with Gasteiger partial charge >= 0.3 is 0 Å². The Morgan fingerprint density at radius 3 is 2.74 bits per heavy atom. The Labute approximate surface area is 184 Å². The zero-order chi connectivity index (χ0) is 22.7. The van der Waals surface area contributed by atoms with E-state index in [1.54, 1.807) is 17.0 Å². The average Bonchev–Trinajstić information content (AvgIpc) is 3.36. The van der Waals surface area contributed by atoms with Gasteiger partial charge in [-0.3, -0.25) is 14.4 Å². The number of carbonyl (C=O) groups is 3. The summed E-state index contributed by atoms with van der Waals surface area (Å²) in [5, 5.41) is 7.24. The van der Waals surface area contributed by atoms with E-state index in [0.717, 1.165) is 0 Å². The van der Waals surface area contributed by atoms with Gasteiger partial charge in [-0.15, -0.1) is 0 Å². The van der Waals surface area contributed by atoms with Gasteiger partial charge in [0.1, 0.15) is 11.4 Å². The molecule has 0 aliphatic carbocycles. The van der Waals surface area contributed by atoms with Crippen LogP contribution in [0.2, 0.25) is 5.02 Å². The second-order valence-corrected chi connectivity index (χ2v) is 7.28. The molecule has 0 bridgehead atoms. The molecule has 1 fully saturated rings. The minimum absolute atomic E-state index is 0.000393. The molecule has 1 saturated heterocycles. The fraction of sp³-hybridized carbons (Fsp3) is 0.238. The molecule has 1 atom stereocenters. The number of benzene rings is 1. The van der Waals surface area contributed by atoms with Crippen LogP contribution in [0.3, 0.4) is 0 Å². The first-order chi connectivity index (χ1) is 14.8. The summed E-state index contributed by atoms with van der Waals surface area (Å²) in [6.07, 6.45) is 1.85.